The summed E-state index contributed by atoms with van der Waals surface area (Å²) in [5.74, 6) is -1.36. The van der Waals surface area contributed by atoms with E-state index < -0.39 is 5.97 Å². The first-order valence-corrected chi connectivity index (χ1v) is 7.22. The van der Waals surface area contributed by atoms with Gasteiger partial charge in [-0.05, 0) is 47.7 Å². The van der Waals surface area contributed by atoms with Gasteiger partial charge < -0.3 is 15.4 Å². The van der Waals surface area contributed by atoms with Crippen molar-refractivity contribution in [3.05, 3.63) is 56.9 Å². The number of hydrogen-bond acceptors (Lipinski definition) is 2. The van der Waals surface area contributed by atoms with Crippen LogP contribution in [0.1, 0.15) is 21.7 Å². The van der Waals surface area contributed by atoms with E-state index in [-0.39, 0.29) is 11.6 Å². The van der Waals surface area contributed by atoms with E-state index in [1.54, 1.807) is 19.1 Å². The summed E-state index contributed by atoms with van der Waals surface area (Å²) in [6.07, 6.45) is 2.83. The summed E-state index contributed by atoms with van der Waals surface area (Å²) in [7, 11) is 0. The number of hydrogen-bond donors (Lipinski definition) is 3. The molecule has 0 atom stereocenters. The number of carbonyl (C=O) groups excluding carboxylic acids is 1. The van der Waals surface area contributed by atoms with Gasteiger partial charge in [0.2, 0.25) is 5.91 Å². The number of nitrogens with one attached hydrogen (secondary N) is 2. The number of halogens is 1. The van der Waals surface area contributed by atoms with Crippen molar-refractivity contribution < 1.29 is 14.7 Å². The lowest BCUT2D eigenvalue weighted by atomic mass is 10.2. The second-order valence-electron chi connectivity index (χ2n) is 4.35. The van der Waals surface area contributed by atoms with Crippen LogP contribution in [0.3, 0.4) is 0 Å². The van der Waals surface area contributed by atoms with E-state index in [0.717, 1.165) is 9.26 Å². The van der Waals surface area contributed by atoms with Crippen LogP contribution in [-0.2, 0) is 4.79 Å². The Labute approximate surface area is 135 Å². The summed E-state index contributed by atoms with van der Waals surface area (Å²) in [5.41, 5.74) is 2.03. The minimum absolute atomic E-state index is 0.0839. The first-order valence-electron chi connectivity index (χ1n) is 6.14. The standard InChI is InChI=1S/C15H13IN2O3/c1-9-13(16)11(14(17-9)15(20)21)7-8-12(19)18-10-5-3-2-4-6-10/h2-8,17H,1H3,(H,18,19)(H,20,21)/b8-7+. The highest BCUT2D eigenvalue weighted by molar-refractivity contribution is 14.1. The van der Waals surface area contributed by atoms with Gasteiger partial charge in [0, 0.05) is 26.6 Å². The van der Waals surface area contributed by atoms with Gasteiger partial charge in [-0.2, -0.15) is 0 Å². The second-order valence-corrected chi connectivity index (χ2v) is 5.43. The lowest BCUT2D eigenvalue weighted by Crippen LogP contribution is -2.07. The third-order valence-corrected chi connectivity index (χ3v) is 4.19. The smallest absolute Gasteiger partial charge is 0.352 e. The van der Waals surface area contributed by atoms with Crippen LogP contribution in [0.25, 0.3) is 6.08 Å². The van der Waals surface area contributed by atoms with E-state index in [1.165, 1.54) is 12.2 Å². The third-order valence-electron chi connectivity index (χ3n) is 2.80. The topological polar surface area (TPSA) is 82.2 Å². The largest absolute Gasteiger partial charge is 0.477 e. The number of aromatic nitrogens is 1. The van der Waals surface area contributed by atoms with E-state index in [4.69, 9.17) is 5.11 Å². The molecule has 0 spiro atoms. The number of carbonyl (C=O) groups is 2. The molecule has 1 aromatic heterocycles. The van der Waals surface area contributed by atoms with E-state index in [0.29, 0.717) is 11.3 Å². The van der Waals surface area contributed by atoms with Crippen LogP contribution < -0.4 is 5.32 Å². The summed E-state index contributed by atoms with van der Waals surface area (Å²) in [5, 5.41) is 11.8. The Balaban J connectivity index is 2.18. The van der Waals surface area contributed by atoms with Crippen LogP contribution in [0, 0.1) is 10.5 Å². The van der Waals surface area contributed by atoms with Gasteiger partial charge in [-0.3, -0.25) is 4.79 Å². The van der Waals surface area contributed by atoms with Crippen LogP contribution in [0.4, 0.5) is 5.69 Å². The van der Waals surface area contributed by atoms with Crippen LogP contribution >= 0.6 is 22.6 Å². The van der Waals surface area contributed by atoms with E-state index in [1.807, 2.05) is 18.2 Å². The Kier molecular flexibility index (Phi) is 4.79. The fourth-order valence-corrected chi connectivity index (χ4v) is 2.40. The Bertz CT molecular complexity index is 705. The molecule has 0 unspecified atom stereocenters. The van der Waals surface area contributed by atoms with Gasteiger partial charge in [0.05, 0.1) is 0 Å². The normalized spacial score (nSPS) is 10.8. The number of H-pyrrole nitrogens is 1. The molecule has 2 aromatic rings. The zero-order chi connectivity index (χ0) is 15.4. The minimum Gasteiger partial charge on any atom is -0.477 e. The van der Waals surface area contributed by atoms with Crippen LogP contribution in [0.5, 0.6) is 0 Å². The summed E-state index contributed by atoms with van der Waals surface area (Å²) in [6.45, 7) is 1.79. The Morgan fingerprint density at radius 2 is 1.95 bits per heavy atom. The highest BCUT2D eigenvalue weighted by Gasteiger charge is 2.16. The Morgan fingerprint density at radius 1 is 1.29 bits per heavy atom. The van der Waals surface area contributed by atoms with Gasteiger partial charge in [-0.25, -0.2) is 4.79 Å². The molecule has 108 valence electrons. The first kappa shape index (κ1) is 15.3. The van der Waals surface area contributed by atoms with Crippen molar-refractivity contribution >= 4 is 46.2 Å². The molecule has 0 saturated carbocycles. The average molecular weight is 396 g/mol. The Hall–Kier alpha value is -2.09. The minimum atomic E-state index is -1.05. The summed E-state index contributed by atoms with van der Waals surface area (Å²) >= 11 is 2.05. The number of aryl methyl sites for hydroxylation is 1. The predicted octanol–water partition coefficient (Wildman–Crippen LogP) is 3.28. The van der Waals surface area contributed by atoms with Crippen molar-refractivity contribution in [2.75, 3.05) is 5.32 Å². The van der Waals surface area contributed by atoms with Gasteiger partial charge in [0.25, 0.3) is 0 Å². The van der Waals surface area contributed by atoms with Gasteiger partial charge in [-0.15, -0.1) is 0 Å². The molecule has 0 bridgehead atoms. The monoisotopic (exact) mass is 396 g/mol. The third kappa shape index (κ3) is 3.72. The zero-order valence-electron chi connectivity index (χ0n) is 11.2. The maximum Gasteiger partial charge on any atom is 0.352 e. The molecule has 1 amide bonds. The fraction of sp³-hybridized carbons (Fsp3) is 0.0667. The lowest BCUT2D eigenvalue weighted by molar-refractivity contribution is -0.111. The van der Waals surface area contributed by atoms with Crippen molar-refractivity contribution in [2.24, 2.45) is 0 Å². The molecule has 0 aliphatic rings. The number of aromatic carboxylic acids is 1. The number of anilines is 1. The molecule has 2 rings (SSSR count). The van der Waals surface area contributed by atoms with Crippen LogP contribution in [0.15, 0.2) is 36.4 Å². The van der Waals surface area contributed by atoms with Gasteiger partial charge in [-0.1, -0.05) is 18.2 Å². The van der Waals surface area contributed by atoms with Crippen molar-refractivity contribution in [2.45, 2.75) is 6.92 Å². The van der Waals surface area contributed by atoms with Crippen molar-refractivity contribution in [3.63, 3.8) is 0 Å². The maximum atomic E-state index is 11.8. The number of amides is 1. The SMILES string of the molecule is Cc1[nH]c(C(=O)O)c(/C=C/C(=O)Nc2ccccc2)c1I. The molecule has 1 heterocycles. The van der Waals surface area contributed by atoms with Crippen LogP contribution in [0.2, 0.25) is 0 Å². The predicted molar refractivity (Wildman–Crippen MR) is 89.3 cm³/mol. The number of carboxylic acids is 1. The molecule has 6 heteroatoms. The second kappa shape index (κ2) is 6.57. The Morgan fingerprint density at radius 3 is 2.57 bits per heavy atom. The van der Waals surface area contributed by atoms with Crippen LogP contribution in [-0.4, -0.2) is 22.0 Å². The van der Waals surface area contributed by atoms with Gasteiger partial charge in [0.1, 0.15) is 5.69 Å². The quantitative estimate of drug-likeness (QED) is 0.548. The molecule has 3 N–H and O–H groups in total. The van der Waals surface area contributed by atoms with E-state index in [9.17, 15) is 9.59 Å². The molecule has 5 nitrogen and oxygen atoms in total. The van der Waals surface area contributed by atoms with Crippen molar-refractivity contribution in [3.8, 4) is 0 Å². The van der Waals surface area contributed by atoms with Gasteiger partial charge in [0.15, 0.2) is 0 Å². The number of rotatable bonds is 4. The highest BCUT2D eigenvalue weighted by Crippen LogP contribution is 2.22. The van der Waals surface area contributed by atoms with Crippen molar-refractivity contribution in [1.82, 2.24) is 4.98 Å². The molecule has 1 aromatic carbocycles. The average Bonchev–Trinajstić information content (AvgIpc) is 2.74. The zero-order valence-corrected chi connectivity index (χ0v) is 13.3. The molecular formula is C15H13IN2O3. The van der Waals surface area contributed by atoms with E-state index in [2.05, 4.69) is 32.9 Å². The van der Waals surface area contributed by atoms with Gasteiger partial charge >= 0.3 is 5.97 Å². The molecule has 21 heavy (non-hydrogen) atoms. The number of aromatic amines is 1. The highest BCUT2D eigenvalue weighted by atomic mass is 127. The summed E-state index contributed by atoms with van der Waals surface area (Å²) < 4.78 is 0.786. The van der Waals surface area contributed by atoms with Crippen molar-refractivity contribution in [1.29, 1.82) is 0 Å². The molecule has 0 aliphatic heterocycles. The summed E-state index contributed by atoms with van der Waals surface area (Å²) in [4.78, 5) is 25.8. The fourth-order valence-electron chi connectivity index (χ4n) is 1.81. The first-order chi connectivity index (χ1) is 9.99. The molecular weight excluding hydrogens is 383 g/mol. The molecule has 0 aliphatic carbocycles. The molecule has 0 radical (unpaired) electrons. The number of para-hydroxylation sites is 1. The summed E-state index contributed by atoms with van der Waals surface area (Å²) in [6, 6.07) is 9.05. The lowest BCUT2D eigenvalue weighted by Gasteiger charge is -2.00. The maximum absolute atomic E-state index is 11.8. The molecule has 0 saturated heterocycles. The molecule has 0 fully saturated rings. The number of benzene rings is 1. The van der Waals surface area contributed by atoms with E-state index >= 15 is 0 Å². The number of carboxylic acid groups (broad SMARTS) is 1.